The number of rotatable bonds is 5. The van der Waals surface area contributed by atoms with Gasteiger partial charge in [-0.3, -0.25) is 0 Å². The number of hydrogen-bond acceptors (Lipinski definition) is 6. The van der Waals surface area contributed by atoms with Gasteiger partial charge in [0.15, 0.2) is 5.13 Å². The zero-order valence-electron chi connectivity index (χ0n) is 14.7. The van der Waals surface area contributed by atoms with Gasteiger partial charge < -0.3 is 20.9 Å². The third-order valence-electron chi connectivity index (χ3n) is 3.52. The molecule has 0 aliphatic rings. The van der Waals surface area contributed by atoms with Crippen LogP contribution in [0.2, 0.25) is 0 Å². The molecule has 134 valence electrons. The molecule has 0 bridgehead atoms. The summed E-state index contributed by atoms with van der Waals surface area (Å²) >= 11 is 1.33. The molecule has 2 aromatic carbocycles. The standard InChI is InChI=1S/C20H21N3O2S/c1-13(2)12-25-16-7-3-6-15(11-16)22-8-4-5-14-9-17(24)19-18(10-14)26-20(21)23-19/h3,6-7,9-11,13,22,24H,8,12H2,1-2H3,(H2,21,23). The second kappa shape index (κ2) is 7.98. The molecule has 3 rings (SSSR count). The Kier molecular flexibility index (Phi) is 5.49. The number of thiazole rings is 1. The first-order valence-corrected chi connectivity index (χ1v) is 9.17. The van der Waals surface area contributed by atoms with E-state index < -0.39 is 0 Å². The van der Waals surface area contributed by atoms with Crippen LogP contribution >= 0.6 is 11.3 Å². The van der Waals surface area contributed by atoms with Crippen LogP contribution in [0.25, 0.3) is 10.2 Å². The summed E-state index contributed by atoms with van der Waals surface area (Å²) in [5.74, 6) is 7.53. The minimum Gasteiger partial charge on any atom is -0.506 e. The lowest BCUT2D eigenvalue weighted by Crippen LogP contribution is -2.05. The Morgan fingerprint density at radius 1 is 1.31 bits per heavy atom. The SMILES string of the molecule is CC(C)COc1cccc(NCC#Cc2cc(O)c3nc(N)sc3c2)c1. The van der Waals surface area contributed by atoms with Crippen molar-refractivity contribution in [2.45, 2.75) is 13.8 Å². The molecule has 26 heavy (non-hydrogen) atoms. The van der Waals surface area contributed by atoms with Crippen molar-refractivity contribution in [1.82, 2.24) is 4.98 Å². The van der Waals surface area contributed by atoms with Gasteiger partial charge >= 0.3 is 0 Å². The van der Waals surface area contributed by atoms with E-state index in [-0.39, 0.29) is 5.75 Å². The second-order valence-electron chi connectivity index (χ2n) is 6.28. The van der Waals surface area contributed by atoms with Gasteiger partial charge in [-0.15, -0.1) is 0 Å². The molecule has 0 radical (unpaired) electrons. The van der Waals surface area contributed by atoms with Gasteiger partial charge in [-0.25, -0.2) is 4.98 Å². The third-order valence-corrected chi connectivity index (χ3v) is 4.35. The average Bonchev–Trinajstić information content (AvgIpc) is 2.98. The van der Waals surface area contributed by atoms with E-state index in [0.29, 0.717) is 29.7 Å². The summed E-state index contributed by atoms with van der Waals surface area (Å²) in [4.78, 5) is 4.10. The Bertz CT molecular complexity index is 970. The van der Waals surface area contributed by atoms with E-state index in [2.05, 4.69) is 36.0 Å². The summed E-state index contributed by atoms with van der Waals surface area (Å²) in [7, 11) is 0. The fourth-order valence-electron chi connectivity index (χ4n) is 2.35. The lowest BCUT2D eigenvalue weighted by atomic mass is 10.2. The van der Waals surface area contributed by atoms with Crippen LogP contribution in [0.1, 0.15) is 19.4 Å². The van der Waals surface area contributed by atoms with Gasteiger partial charge in [0, 0.05) is 17.3 Å². The first-order valence-electron chi connectivity index (χ1n) is 8.36. The summed E-state index contributed by atoms with van der Waals surface area (Å²) in [6.45, 7) is 5.41. The van der Waals surface area contributed by atoms with Gasteiger partial charge in [-0.2, -0.15) is 0 Å². The number of hydrogen-bond donors (Lipinski definition) is 3. The van der Waals surface area contributed by atoms with E-state index >= 15 is 0 Å². The zero-order valence-corrected chi connectivity index (χ0v) is 15.6. The number of nitrogens with one attached hydrogen (secondary N) is 1. The van der Waals surface area contributed by atoms with E-state index in [9.17, 15) is 5.11 Å². The molecule has 0 saturated carbocycles. The molecule has 0 fully saturated rings. The maximum Gasteiger partial charge on any atom is 0.181 e. The van der Waals surface area contributed by atoms with Crippen LogP contribution in [-0.2, 0) is 0 Å². The highest BCUT2D eigenvalue weighted by Crippen LogP contribution is 2.31. The average molecular weight is 367 g/mol. The van der Waals surface area contributed by atoms with Gasteiger partial charge in [0.1, 0.15) is 17.0 Å². The van der Waals surface area contributed by atoms with Crippen LogP contribution in [0, 0.1) is 17.8 Å². The molecule has 5 nitrogen and oxygen atoms in total. The van der Waals surface area contributed by atoms with Crippen molar-refractivity contribution >= 4 is 32.4 Å². The molecular formula is C20H21N3O2S. The number of aromatic nitrogens is 1. The van der Waals surface area contributed by atoms with Gasteiger partial charge in [-0.05, 0) is 30.2 Å². The molecular weight excluding hydrogens is 346 g/mol. The molecule has 0 amide bonds. The summed E-state index contributed by atoms with van der Waals surface area (Å²) in [6, 6.07) is 11.3. The molecule has 0 aliphatic heterocycles. The van der Waals surface area contributed by atoms with Crippen LogP contribution in [-0.4, -0.2) is 23.2 Å². The van der Waals surface area contributed by atoms with Crippen LogP contribution in [0.15, 0.2) is 36.4 Å². The van der Waals surface area contributed by atoms with Crippen molar-refractivity contribution in [3.63, 3.8) is 0 Å². The Hall–Kier alpha value is -2.91. The predicted molar refractivity (Wildman–Crippen MR) is 108 cm³/mol. The Balaban J connectivity index is 1.63. The zero-order chi connectivity index (χ0) is 18.5. The first-order chi connectivity index (χ1) is 12.5. The molecule has 0 atom stereocenters. The van der Waals surface area contributed by atoms with E-state index in [0.717, 1.165) is 21.7 Å². The quantitative estimate of drug-likeness (QED) is 0.592. The maximum atomic E-state index is 10.0. The molecule has 4 N–H and O–H groups in total. The second-order valence-corrected chi connectivity index (χ2v) is 7.34. The highest BCUT2D eigenvalue weighted by Gasteiger charge is 2.07. The number of benzene rings is 2. The number of phenols is 1. The van der Waals surface area contributed by atoms with Crippen LogP contribution in [0.3, 0.4) is 0 Å². The minimum absolute atomic E-state index is 0.0997. The van der Waals surface area contributed by atoms with Crippen LogP contribution < -0.4 is 15.8 Å². The van der Waals surface area contributed by atoms with E-state index in [1.165, 1.54) is 11.3 Å². The van der Waals surface area contributed by atoms with Gasteiger partial charge in [0.05, 0.1) is 17.9 Å². The molecule has 1 heterocycles. The highest BCUT2D eigenvalue weighted by molar-refractivity contribution is 7.22. The number of phenolic OH excluding ortho intramolecular Hbond substituents is 1. The smallest absolute Gasteiger partial charge is 0.181 e. The normalized spacial score (nSPS) is 10.6. The van der Waals surface area contributed by atoms with Crippen LogP contribution in [0.4, 0.5) is 10.8 Å². The molecule has 1 aromatic heterocycles. The summed E-state index contributed by atoms with van der Waals surface area (Å²) in [6.07, 6.45) is 0. The van der Waals surface area contributed by atoms with E-state index in [4.69, 9.17) is 10.5 Å². The number of nitrogens with two attached hydrogens (primary N) is 1. The Labute approximate surface area is 156 Å². The largest absolute Gasteiger partial charge is 0.506 e. The van der Waals surface area contributed by atoms with Crippen molar-refractivity contribution in [2.75, 3.05) is 24.2 Å². The van der Waals surface area contributed by atoms with E-state index in [1.807, 2.05) is 30.3 Å². The van der Waals surface area contributed by atoms with Gasteiger partial charge in [0.25, 0.3) is 0 Å². The number of nitrogen functional groups attached to an aromatic ring is 1. The number of aromatic hydroxyl groups is 1. The number of nitrogens with zero attached hydrogens (tertiary/aromatic N) is 1. The predicted octanol–water partition coefficient (Wildman–Crippen LogP) is 4.08. The molecule has 0 unspecified atom stereocenters. The lowest BCUT2D eigenvalue weighted by molar-refractivity contribution is 0.271. The van der Waals surface area contributed by atoms with Crippen molar-refractivity contribution in [2.24, 2.45) is 5.92 Å². The Morgan fingerprint density at radius 2 is 2.15 bits per heavy atom. The fourth-order valence-corrected chi connectivity index (χ4v) is 3.15. The van der Waals surface area contributed by atoms with Gasteiger partial charge in [0.2, 0.25) is 0 Å². The summed E-state index contributed by atoms with van der Waals surface area (Å²) in [5, 5.41) is 13.7. The van der Waals surface area contributed by atoms with E-state index in [1.54, 1.807) is 6.07 Å². The van der Waals surface area contributed by atoms with Crippen molar-refractivity contribution < 1.29 is 9.84 Å². The Morgan fingerprint density at radius 3 is 2.96 bits per heavy atom. The van der Waals surface area contributed by atoms with Crippen molar-refractivity contribution in [3.8, 4) is 23.3 Å². The summed E-state index contributed by atoms with van der Waals surface area (Å²) in [5.41, 5.74) is 7.89. The number of ether oxygens (including phenoxy) is 1. The summed E-state index contributed by atoms with van der Waals surface area (Å²) < 4.78 is 6.55. The maximum absolute atomic E-state index is 10.0. The highest BCUT2D eigenvalue weighted by atomic mass is 32.1. The number of fused-ring (bicyclic) bond motifs is 1. The lowest BCUT2D eigenvalue weighted by Gasteiger charge is -2.10. The molecule has 3 aromatic rings. The molecule has 0 spiro atoms. The van der Waals surface area contributed by atoms with Gasteiger partial charge in [-0.1, -0.05) is 43.1 Å². The van der Waals surface area contributed by atoms with Crippen molar-refractivity contribution in [3.05, 3.63) is 42.0 Å². The van der Waals surface area contributed by atoms with Crippen LogP contribution in [0.5, 0.6) is 11.5 Å². The molecule has 0 saturated heterocycles. The number of anilines is 2. The third kappa shape index (κ3) is 4.58. The fraction of sp³-hybridized carbons (Fsp3) is 0.250. The minimum atomic E-state index is 0.0997. The van der Waals surface area contributed by atoms with Crippen molar-refractivity contribution in [1.29, 1.82) is 0 Å². The monoisotopic (exact) mass is 367 g/mol. The topological polar surface area (TPSA) is 80.4 Å². The molecule has 0 aliphatic carbocycles. The molecule has 6 heteroatoms. The first kappa shape index (κ1) is 17.9.